The lowest BCUT2D eigenvalue weighted by Crippen LogP contribution is -2.26. The number of ether oxygens (including phenoxy) is 2. The highest BCUT2D eigenvalue weighted by atomic mass is 35.5. The minimum Gasteiger partial charge on any atom is -0.477 e. The molecule has 0 saturated heterocycles. The van der Waals surface area contributed by atoms with Gasteiger partial charge in [-0.25, -0.2) is 4.68 Å². The summed E-state index contributed by atoms with van der Waals surface area (Å²) in [5, 5.41) is 26.1. The number of nitrogens with zero attached hydrogens (tertiary/aromatic N) is 4. The summed E-state index contributed by atoms with van der Waals surface area (Å²) in [6.45, 7) is 10.8. The summed E-state index contributed by atoms with van der Waals surface area (Å²) in [5.41, 5.74) is 3.56. The number of aryl methyl sites for hydroxylation is 1. The van der Waals surface area contributed by atoms with Crippen LogP contribution < -0.4 is 10.4 Å². The quantitative estimate of drug-likeness (QED) is 0.361. The van der Waals surface area contributed by atoms with Crippen molar-refractivity contribution in [3.8, 4) is 5.88 Å². The number of Topliss-reactive ketones (excluding diaryl/α,β-unsaturated/α-hetero) is 1. The first-order valence-corrected chi connectivity index (χ1v) is 10.6. The molecule has 0 radical (unpaired) electrons. The van der Waals surface area contributed by atoms with Gasteiger partial charge in [-0.1, -0.05) is 26.8 Å². The Morgan fingerprint density at radius 1 is 1.18 bits per heavy atom. The zero-order valence-corrected chi connectivity index (χ0v) is 20.5. The van der Waals surface area contributed by atoms with Crippen molar-refractivity contribution in [3.63, 3.8) is 0 Å². The van der Waals surface area contributed by atoms with E-state index in [-0.39, 0.29) is 49.0 Å². The molecule has 0 unspecified atom stereocenters. The third kappa shape index (κ3) is 6.19. The Morgan fingerprint density at radius 3 is 2.55 bits per heavy atom. The molecule has 0 spiro atoms. The van der Waals surface area contributed by atoms with E-state index in [1.165, 1.54) is 9.20 Å². The zero-order valence-electron chi connectivity index (χ0n) is 19.7. The highest BCUT2D eigenvalue weighted by molar-refractivity contribution is 5.96. The number of halogens is 1. The molecule has 0 amide bonds. The molecule has 0 fully saturated rings. The van der Waals surface area contributed by atoms with E-state index in [9.17, 15) is 4.79 Å². The maximum absolute atomic E-state index is 13.2. The zero-order chi connectivity index (χ0) is 23.5. The topological polar surface area (TPSA) is 115 Å². The molecule has 3 aromatic rings. The predicted molar refractivity (Wildman–Crippen MR) is 126 cm³/mol. The van der Waals surface area contributed by atoms with Crippen LogP contribution in [0, 0.1) is 12.3 Å². The van der Waals surface area contributed by atoms with E-state index in [0.717, 1.165) is 16.7 Å². The van der Waals surface area contributed by atoms with E-state index >= 15 is 0 Å². The number of aliphatic hydroxyl groups is 1. The van der Waals surface area contributed by atoms with Gasteiger partial charge in [-0.3, -0.25) is 10.2 Å². The van der Waals surface area contributed by atoms with E-state index in [0.29, 0.717) is 30.3 Å². The van der Waals surface area contributed by atoms with Crippen LogP contribution in [0.25, 0.3) is 5.65 Å². The normalized spacial score (nSPS) is 11.5. The second-order valence-corrected chi connectivity index (χ2v) is 8.68. The first-order valence-electron chi connectivity index (χ1n) is 10.6. The Labute approximate surface area is 199 Å². The van der Waals surface area contributed by atoms with Crippen LogP contribution in [0.15, 0.2) is 24.3 Å². The van der Waals surface area contributed by atoms with Crippen LogP contribution in [-0.2, 0) is 23.3 Å². The van der Waals surface area contributed by atoms with E-state index in [4.69, 9.17) is 20.0 Å². The monoisotopic (exact) mass is 477 g/mol. The number of hydrogen-bond acceptors (Lipinski definition) is 7. The third-order valence-electron chi connectivity index (χ3n) is 5.02. The van der Waals surface area contributed by atoms with Gasteiger partial charge in [0, 0.05) is 17.2 Å². The average Bonchev–Trinajstić information content (AvgIpc) is 3.04. The summed E-state index contributed by atoms with van der Waals surface area (Å²) < 4.78 is 13.7. The summed E-state index contributed by atoms with van der Waals surface area (Å²) in [4.78, 5) is 13.2. The lowest BCUT2D eigenvalue weighted by molar-refractivity contribution is 0.0813. The molecular formula is C23H32ClN5O4. The van der Waals surface area contributed by atoms with Crippen LogP contribution in [0.3, 0.4) is 0 Å². The van der Waals surface area contributed by atoms with Crippen LogP contribution in [0.2, 0.25) is 0 Å². The fraction of sp³-hybridized carbons (Fsp3) is 0.478. The third-order valence-corrected chi connectivity index (χ3v) is 5.02. The fourth-order valence-electron chi connectivity index (χ4n) is 3.31. The van der Waals surface area contributed by atoms with E-state index < -0.39 is 0 Å². The number of nitrogens with one attached hydrogen (secondary N) is 1. The first-order chi connectivity index (χ1) is 15.1. The Balaban J connectivity index is 0.00000385. The van der Waals surface area contributed by atoms with Crippen molar-refractivity contribution in [1.29, 1.82) is 5.41 Å². The number of aromatic nitrogens is 4. The van der Waals surface area contributed by atoms with Crippen LogP contribution >= 0.6 is 12.4 Å². The molecule has 2 heterocycles. The van der Waals surface area contributed by atoms with Gasteiger partial charge in [0.25, 0.3) is 0 Å². The highest BCUT2D eigenvalue weighted by Gasteiger charge is 2.19. The van der Waals surface area contributed by atoms with Gasteiger partial charge in [0.15, 0.2) is 11.4 Å². The van der Waals surface area contributed by atoms with Crippen LogP contribution in [0.4, 0.5) is 0 Å². The Kier molecular flexibility index (Phi) is 8.76. The minimum absolute atomic E-state index is 0. The number of benzene rings is 1. The maximum atomic E-state index is 13.2. The SMILES string of the molecule is CCOc1cc(C)c2nn(CC(=O)c3cc(COCCO)cc(C(C)(C)C)c3)c(=N)n2n1.Cl. The summed E-state index contributed by atoms with van der Waals surface area (Å²) >= 11 is 0. The Bertz CT molecular complexity index is 1180. The van der Waals surface area contributed by atoms with Crippen LogP contribution in [0.5, 0.6) is 5.88 Å². The predicted octanol–water partition coefficient (Wildman–Crippen LogP) is 2.83. The van der Waals surface area contributed by atoms with Crippen molar-refractivity contribution in [1.82, 2.24) is 19.4 Å². The average molecular weight is 478 g/mol. The molecule has 2 N–H and O–H groups in total. The van der Waals surface area contributed by atoms with Gasteiger partial charge >= 0.3 is 0 Å². The minimum atomic E-state index is -0.163. The van der Waals surface area contributed by atoms with E-state index in [2.05, 4.69) is 31.0 Å². The second kappa shape index (κ2) is 10.9. The molecular weight excluding hydrogens is 446 g/mol. The van der Waals surface area contributed by atoms with Gasteiger partial charge in [0.05, 0.1) is 26.4 Å². The first kappa shape index (κ1) is 26.5. The second-order valence-electron chi connectivity index (χ2n) is 8.68. The largest absolute Gasteiger partial charge is 0.477 e. The van der Waals surface area contributed by atoms with Gasteiger partial charge in [0.2, 0.25) is 11.5 Å². The molecule has 9 nitrogen and oxygen atoms in total. The Morgan fingerprint density at radius 2 is 1.91 bits per heavy atom. The lowest BCUT2D eigenvalue weighted by Gasteiger charge is -2.21. The van der Waals surface area contributed by atoms with Gasteiger partial charge in [0.1, 0.15) is 6.54 Å². The lowest BCUT2D eigenvalue weighted by atomic mass is 9.84. The summed E-state index contributed by atoms with van der Waals surface area (Å²) in [7, 11) is 0. The van der Waals surface area contributed by atoms with Crippen molar-refractivity contribution < 1.29 is 19.4 Å². The summed E-state index contributed by atoms with van der Waals surface area (Å²) in [5.74, 6) is 0.247. The molecule has 3 rings (SSSR count). The number of rotatable bonds is 9. The highest BCUT2D eigenvalue weighted by Crippen LogP contribution is 2.25. The molecule has 0 aliphatic rings. The number of fused-ring (bicyclic) bond motifs is 1. The standard InChI is InChI=1S/C23H31N5O4.ClH/c1-6-32-20-9-15(2)21-26-27(22(24)28(21)25-20)13-19(30)17-10-16(14-31-8-7-29)11-18(12-17)23(3,4)5;/h9-12,24,29H,6-8,13-14H2,1-5H3;1H. The Hall–Kier alpha value is -2.75. The van der Waals surface area contributed by atoms with Gasteiger partial charge in [-0.15, -0.1) is 22.6 Å². The summed E-state index contributed by atoms with van der Waals surface area (Å²) in [6, 6.07) is 7.47. The van der Waals surface area contributed by atoms with E-state index in [1.54, 1.807) is 12.1 Å². The molecule has 180 valence electrons. The number of carbonyl (C=O) groups is 1. The van der Waals surface area contributed by atoms with Crippen molar-refractivity contribution in [2.24, 2.45) is 0 Å². The van der Waals surface area contributed by atoms with Crippen molar-refractivity contribution in [2.45, 2.75) is 53.2 Å². The number of aliphatic hydroxyl groups excluding tert-OH is 1. The number of carbonyl (C=O) groups excluding carboxylic acids is 1. The van der Waals surface area contributed by atoms with Crippen molar-refractivity contribution in [3.05, 3.63) is 52.1 Å². The molecule has 2 aromatic heterocycles. The summed E-state index contributed by atoms with van der Waals surface area (Å²) in [6.07, 6.45) is 0. The molecule has 0 bridgehead atoms. The van der Waals surface area contributed by atoms with E-state index in [1.807, 2.05) is 26.0 Å². The van der Waals surface area contributed by atoms with Gasteiger partial charge in [-0.05, 0) is 42.5 Å². The fourth-order valence-corrected chi connectivity index (χ4v) is 3.31. The molecule has 0 aliphatic heterocycles. The van der Waals surface area contributed by atoms with Crippen LogP contribution in [0.1, 0.15) is 54.7 Å². The van der Waals surface area contributed by atoms with Crippen molar-refractivity contribution >= 4 is 23.8 Å². The molecule has 33 heavy (non-hydrogen) atoms. The molecule has 0 atom stereocenters. The molecule has 0 aliphatic carbocycles. The molecule has 10 heteroatoms. The molecule has 0 saturated carbocycles. The van der Waals surface area contributed by atoms with Crippen LogP contribution in [-0.4, -0.2) is 50.1 Å². The molecule has 1 aromatic carbocycles. The smallest absolute Gasteiger partial charge is 0.242 e. The maximum Gasteiger partial charge on any atom is 0.242 e. The number of hydrogen-bond donors (Lipinski definition) is 2. The van der Waals surface area contributed by atoms with Gasteiger partial charge in [-0.2, -0.15) is 4.52 Å². The van der Waals surface area contributed by atoms with Crippen molar-refractivity contribution in [2.75, 3.05) is 19.8 Å². The van der Waals surface area contributed by atoms with Gasteiger partial charge < -0.3 is 14.6 Å². The number of ketones is 1.